The molecule has 0 bridgehead atoms. The molecule has 0 unspecified atom stereocenters. The highest BCUT2D eigenvalue weighted by Gasteiger charge is 2.32. The zero-order valence-electron chi connectivity index (χ0n) is 14.9. The molecular weight excluding hydrogens is 332 g/mol. The number of nitrogens with zero attached hydrogens (tertiary/aromatic N) is 2. The number of hydrogen-bond donors (Lipinski definition) is 3. The summed E-state index contributed by atoms with van der Waals surface area (Å²) in [6.07, 6.45) is 4.39. The van der Waals surface area contributed by atoms with Crippen LogP contribution < -0.4 is 10.6 Å². The molecule has 7 nitrogen and oxygen atoms in total. The van der Waals surface area contributed by atoms with E-state index in [1.165, 1.54) is 18.4 Å². The minimum Gasteiger partial charge on any atom is -0.480 e. The highest BCUT2D eigenvalue weighted by Crippen LogP contribution is 2.38. The zero-order chi connectivity index (χ0) is 18.3. The molecule has 1 amide bonds. The van der Waals surface area contributed by atoms with Crippen LogP contribution in [0.5, 0.6) is 0 Å². The number of imidazole rings is 1. The van der Waals surface area contributed by atoms with Gasteiger partial charge in [0, 0.05) is 19.0 Å². The molecule has 138 valence electrons. The first-order valence-corrected chi connectivity index (χ1v) is 9.33. The molecule has 1 saturated carbocycles. The highest BCUT2D eigenvalue weighted by molar-refractivity contribution is 5.84. The average Bonchev–Trinajstić information content (AvgIpc) is 3.22. The number of carboxylic acids is 1. The summed E-state index contributed by atoms with van der Waals surface area (Å²) >= 11 is 0. The minimum atomic E-state index is -0.899. The fraction of sp³-hybridized carbons (Fsp3) is 0.526. The summed E-state index contributed by atoms with van der Waals surface area (Å²) in [7, 11) is 0. The molecular formula is C19H24N4O3. The third-order valence-electron chi connectivity index (χ3n) is 5.28. The Morgan fingerprint density at radius 3 is 2.69 bits per heavy atom. The Labute approximate surface area is 151 Å². The van der Waals surface area contributed by atoms with Gasteiger partial charge in [-0.25, -0.2) is 4.98 Å². The number of carbonyl (C=O) groups excluding carboxylic acids is 1. The number of rotatable bonds is 6. The number of fused-ring (bicyclic) bond motifs is 1. The summed E-state index contributed by atoms with van der Waals surface area (Å²) in [4.78, 5) is 28.0. The van der Waals surface area contributed by atoms with Crippen molar-refractivity contribution in [1.29, 1.82) is 0 Å². The summed E-state index contributed by atoms with van der Waals surface area (Å²) in [5.74, 6) is 0.0777. The van der Waals surface area contributed by atoms with E-state index in [0.29, 0.717) is 25.4 Å². The van der Waals surface area contributed by atoms with Crippen molar-refractivity contribution in [3.05, 3.63) is 29.6 Å². The van der Waals surface area contributed by atoms with Crippen LogP contribution in [0.15, 0.2) is 18.2 Å². The summed E-state index contributed by atoms with van der Waals surface area (Å²) in [5.41, 5.74) is 3.15. The van der Waals surface area contributed by atoms with Crippen LogP contribution in [0.25, 0.3) is 11.0 Å². The SMILES string of the molecule is CCc1nc2cc(CNC(=O)[C@H]3CC[C@@H](C(=O)O)N3)ccc2n1C1CC1. The highest BCUT2D eigenvalue weighted by atomic mass is 16.4. The Morgan fingerprint density at radius 1 is 1.27 bits per heavy atom. The number of aryl methyl sites for hydroxylation is 1. The summed E-state index contributed by atoms with van der Waals surface area (Å²) < 4.78 is 2.35. The van der Waals surface area contributed by atoms with E-state index in [2.05, 4.69) is 28.2 Å². The maximum Gasteiger partial charge on any atom is 0.320 e. The van der Waals surface area contributed by atoms with Gasteiger partial charge >= 0.3 is 5.97 Å². The maximum absolute atomic E-state index is 12.3. The van der Waals surface area contributed by atoms with Crippen LogP contribution in [0.3, 0.4) is 0 Å². The molecule has 1 aliphatic heterocycles. The smallest absolute Gasteiger partial charge is 0.320 e. The Morgan fingerprint density at radius 2 is 2.04 bits per heavy atom. The van der Waals surface area contributed by atoms with Gasteiger partial charge in [-0.15, -0.1) is 0 Å². The molecule has 26 heavy (non-hydrogen) atoms. The number of aromatic nitrogens is 2. The lowest BCUT2D eigenvalue weighted by Gasteiger charge is -2.12. The third-order valence-corrected chi connectivity index (χ3v) is 5.28. The van der Waals surface area contributed by atoms with E-state index in [-0.39, 0.29) is 5.91 Å². The molecule has 2 heterocycles. The first-order valence-electron chi connectivity index (χ1n) is 9.33. The van der Waals surface area contributed by atoms with Gasteiger partial charge in [0.05, 0.1) is 17.1 Å². The summed E-state index contributed by atoms with van der Waals surface area (Å²) in [5, 5.41) is 14.8. The largest absolute Gasteiger partial charge is 0.480 e. The van der Waals surface area contributed by atoms with Gasteiger partial charge < -0.3 is 15.0 Å². The molecule has 0 spiro atoms. The topological polar surface area (TPSA) is 96.2 Å². The van der Waals surface area contributed by atoms with Gasteiger partial charge in [-0.3, -0.25) is 14.9 Å². The lowest BCUT2D eigenvalue weighted by molar-refractivity contribution is -0.139. The van der Waals surface area contributed by atoms with Gasteiger partial charge in [-0.2, -0.15) is 0 Å². The number of nitrogens with one attached hydrogen (secondary N) is 2. The first-order chi connectivity index (χ1) is 12.6. The molecule has 2 atom stereocenters. The zero-order valence-corrected chi connectivity index (χ0v) is 14.9. The fourth-order valence-corrected chi connectivity index (χ4v) is 3.75. The van der Waals surface area contributed by atoms with Crippen molar-refractivity contribution in [1.82, 2.24) is 20.2 Å². The Bertz CT molecular complexity index is 856. The first kappa shape index (κ1) is 17.0. The van der Waals surface area contributed by atoms with E-state index in [9.17, 15) is 9.59 Å². The van der Waals surface area contributed by atoms with Crippen molar-refractivity contribution >= 4 is 22.9 Å². The molecule has 2 aliphatic rings. The van der Waals surface area contributed by atoms with Gasteiger partial charge in [-0.1, -0.05) is 13.0 Å². The van der Waals surface area contributed by atoms with Crippen molar-refractivity contribution < 1.29 is 14.7 Å². The van der Waals surface area contributed by atoms with Crippen molar-refractivity contribution in [3.8, 4) is 0 Å². The van der Waals surface area contributed by atoms with E-state index in [1.807, 2.05) is 12.1 Å². The van der Waals surface area contributed by atoms with Crippen LogP contribution in [0.1, 0.15) is 50.0 Å². The molecule has 2 aromatic rings. The molecule has 3 N–H and O–H groups in total. The van der Waals surface area contributed by atoms with Crippen molar-refractivity contribution in [3.63, 3.8) is 0 Å². The Hall–Kier alpha value is -2.41. The third kappa shape index (κ3) is 3.19. The van der Waals surface area contributed by atoms with Crippen molar-refractivity contribution in [2.24, 2.45) is 0 Å². The minimum absolute atomic E-state index is 0.147. The molecule has 2 fully saturated rings. The lowest BCUT2D eigenvalue weighted by Crippen LogP contribution is -2.44. The number of benzene rings is 1. The molecule has 0 radical (unpaired) electrons. The Kier molecular flexibility index (Phi) is 4.40. The van der Waals surface area contributed by atoms with Crippen molar-refractivity contribution in [2.75, 3.05) is 0 Å². The molecule has 4 rings (SSSR count). The lowest BCUT2D eigenvalue weighted by atomic mass is 10.1. The van der Waals surface area contributed by atoms with Crippen molar-refractivity contribution in [2.45, 2.75) is 63.7 Å². The van der Waals surface area contributed by atoms with Gasteiger partial charge in [0.15, 0.2) is 0 Å². The van der Waals surface area contributed by atoms with Crippen LogP contribution in [0.2, 0.25) is 0 Å². The van der Waals surface area contributed by atoms with Crippen LogP contribution in [0, 0.1) is 0 Å². The van der Waals surface area contributed by atoms with Gasteiger partial charge in [0.1, 0.15) is 11.9 Å². The van der Waals surface area contributed by atoms with Gasteiger partial charge in [-0.05, 0) is 43.4 Å². The van der Waals surface area contributed by atoms with Gasteiger partial charge in [0.2, 0.25) is 5.91 Å². The average molecular weight is 356 g/mol. The maximum atomic E-state index is 12.3. The van der Waals surface area contributed by atoms with Crippen LogP contribution in [-0.2, 0) is 22.6 Å². The number of amides is 1. The van der Waals surface area contributed by atoms with E-state index < -0.39 is 18.1 Å². The molecule has 1 saturated heterocycles. The monoisotopic (exact) mass is 356 g/mol. The number of hydrogen-bond acceptors (Lipinski definition) is 4. The second-order valence-corrected chi connectivity index (χ2v) is 7.21. The molecule has 1 aromatic carbocycles. The van der Waals surface area contributed by atoms with E-state index in [4.69, 9.17) is 10.1 Å². The summed E-state index contributed by atoms with van der Waals surface area (Å²) in [6.45, 7) is 2.54. The van der Waals surface area contributed by atoms with Crippen LogP contribution in [0.4, 0.5) is 0 Å². The predicted octanol–water partition coefficient (Wildman–Crippen LogP) is 1.75. The standard InChI is InChI=1S/C19H24N4O3/c1-2-17-22-15-9-11(3-8-16(15)23(17)12-4-5-12)10-20-18(24)13-6-7-14(21-13)19(25)26/h3,8-9,12-14,21H,2,4-7,10H2,1H3,(H,20,24)(H,25,26)/t13-,14+/m1/s1. The molecule has 1 aromatic heterocycles. The quantitative estimate of drug-likeness (QED) is 0.733. The normalized spacial score (nSPS) is 22.7. The molecule has 1 aliphatic carbocycles. The Balaban J connectivity index is 1.43. The predicted molar refractivity (Wildman–Crippen MR) is 96.8 cm³/mol. The second kappa shape index (κ2) is 6.72. The summed E-state index contributed by atoms with van der Waals surface area (Å²) in [6, 6.07) is 5.70. The fourth-order valence-electron chi connectivity index (χ4n) is 3.75. The van der Waals surface area contributed by atoms with E-state index in [0.717, 1.165) is 23.3 Å². The number of carboxylic acid groups (broad SMARTS) is 1. The van der Waals surface area contributed by atoms with E-state index in [1.54, 1.807) is 0 Å². The van der Waals surface area contributed by atoms with Gasteiger partial charge in [0.25, 0.3) is 0 Å². The number of carbonyl (C=O) groups is 2. The second-order valence-electron chi connectivity index (χ2n) is 7.21. The number of aliphatic carboxylic acids is 1. The van der Waals surface area contributed by atoms with Crippen LogP contribution >= 0.6 is 0 Å². The van der Waals surface area contributed by atoms with E-state index >= 15 is 0 Å². The van der Waals surface area contributed by atoms with Crippen LogP contribution in [-0.4, -0.2) is 38.6 Å². The molecule has 7 heteroatoms.